The first-order chi connectivity index (χ1) is 13.1. The molecule has 0 saturated heterocycles. The average Bonchev–Trinajstić information content (AvgIpc) is 2.65. The van der Waals surface area contributed by atoms with Crippen molar-refractivity contribution in [2.75, 3.05) is 6.61 Å². The van der Waals surface area contributed by atoms with E-state index >= 15 is 0 Å². The molecule has 0 radical (unpaired) electrons. The van der Waals surface area contributed by atoms with Crippen molar-refractivity contribution in [2.24, 2.45) is 0 Å². The molecule has 1 aliphatic rings. The van der Waals surface area contributed by atoms with Gasteiger partial charge in [0.1, 0.15) is 5.75 Å². The van der Waals surface area contributed by atoms with Gasteiger partial charge in [0.25, 0.3) is 0 Å². The van der Waals surface area contributed by atoms with Crippen molar-refractivity contribution in [1.29, 1.82) is 0 Å². The summed E-state index contributed by atoms with van der Waals surface area (Å²) in [6.07, 6.45) is 1.51. The van der Waals surface area contributed by atoms with E-state index in [1.165, 1.54) is 11.1 Å². The highest BCUT2D eigenvalue weighted by atomic mass is 16.6. The summed E-state index contributed by atoms with van der Waals surface area (Å²) in [5.74, 6) is 0.317. The molecule has 28 heavy (non-hydrogen) atoms. The molecule has 2 aromatic rings. The molecule has 0 saturated carbocycles. The van der Waals surface area contributed by atoms with Gasteiger partial charge in [-0.1, -0.05) is 63.6 Å². The summed E-state index contributed by atoms with van der Waals surface area (Å²) in [5, 5.41) is 0. The Hall–Kier alpha value is -2.29. The first-order valence-electron chi connectivity index (χ1n) is 10.2. The zero-order valence-electron chi connectivity index (χ0n) is 18.0. The van der Waals surface area contributed by atoms with Crippen LogP contribution in [0.2, 0.25) is 0 Å². The van der Waals surface area contributed by atoms with Gasteiger partial charge in [0, 0.05) is 5.56 Å². The summed E-state index contributed by atoms with van der Waals surface area (Å²) in [6.45, 7) is 13.3. The molecule has 0 spiro atoms. The molecular weight excluding hydrogens is 348 g/mol. The maximum Gasteiger partial charge on any atom is 0.352 e. The van der Waals surface area contributed by atoms with Crippen LogP contribution in [0.15, 0.2) is 42.5 Å². The van der Waals surface area contributed by atoms with Crippen LogP contribution in [0.4, 0.5) is 0 Å². The second-order valence-electron chi connectivity index (χ2n) is 9.14. The smallest absolute Gasteiger partial charge is 0.352 e. The maximum atomic E-state index is 12.7. The Morgan fingerprint density at radius 2 is 1.57 bits per heavy atom. The van der Waals surface area contributed by atoms with Gasteiger partial charge in [-0.3, -0.25) is 0 Å². The average molecular weight is 381 g/mol. The van der Waals surface area contributed by atoms with Crippen LogP contribution < -0.4 is 4.74 Å². The predicted octanol–water partition coefficient (Wildman–Crippen LogP) is 6.03. The number of hydrogen-bond acceptors (Lipinski definition) is 3. The van der Waals surface area contributed by atoms with Gasteiger partial charge in [0.2, 0.25) is 6.10 Å². The first-order valence-corrected chi connectivity index (χ1v) is 10.2. The van der Waals surface area contributed by atoms with Crippen molar-refractivity contribution >= 4 is 5.97 Å². The number of benzene rings is 2. The Balaban J connectivity index is 2.02. The molecule has 0 aliphatic heterocycles. The molecule has 3 nitrogen and oxygen atoms in total. The number of carbonyl (C=O) groups is 1. The number of carbonyl (C=O) groups excluding carboxylic acids is 1. The molecule has 0 amide bonds. The van der Waals surface area contributed by atoms with Crippen molar-refractivity contribution in [2.45, 2.75) is 71.3 Å². The van der Waals surface area contributed by atoms with Gasteiger partial charge in [-0.2, -0.15) is 0 Å². The van der Waals surface area contributed by atoms with Gasteiger partial charge in [-0.05, 0) is 60.8 Å². The van der Waals surface area contributed by atoms with Crippen LogP contribution in [0.3, 0.4) is 0 Å². The molecule has 0 fully saturated rings. The molecule has 2 aromatic carbocycles. The lowest BCUT2D eigenvalue weighted by molar-refractivity contribution is -0.151. The molecule has 1 aliphatic carbocycles. The Bertz CT molecular complexity index is 847. The number of hydrogen-bond donors (Lipinski definition) is 0. The minimum atomic E-state index is -0.770. The van der Waals surface area contributed by atoms with E-state index in [0.29, 0.717) is 12.4 Å². The summed E-state index contributed by atoms with van der Waals surface area (Å²) >= 11 is 0. The lowest BCUT2D eigenvalue weighted by Gasteiger charge is -2.42. The van der Waals surface area contributed by atoms with Crippen LogP contribution in [0.25, 0.3) is 0 Å². The number of ether oxygens (including phenoxy) is 2. The van der Waals surface area contributed by atoms with Crippen molar-refractivity contribution in [1.82, 2.24) is 0 Å². The van der Waals surface area contributed by atoms with Crippen LogP contribution in [0.5, 0.6) is 5.75 Å². The van der Waals surface area contributed by atoms with Gasteiger partial charge in [-0.25, -0.2) is 4.79 Å². The third-order valence-corrected chi connectivity index (χ3v) is 5.96. The summed E-state index contributed by atoms with van der Waals surface area (Å²) in [6, 6.07) is 14.1. The van der Waals surface area contributed by atoms with E-state index in [4.69, 9.17) is 9.47 Å². The van der Waals surface area contributed by atoms with Gasteiger partial charge in [0.15, 0.2) is 0 Å². The Labute approximate surface area is 169 Å². The molecule has 0 bridgehead atoms. The third-order valence-electron chi connectivity index (χ3n) is 5.96. The van der Waals surface area contributed by atoms with Crippen LogP contribution in [0, 0.1) is 6.92 Å². The van der Waals surface area contributed by atoms with E-state index in [-0.39, 0.29) is 16.8 Å². The van der Waals surface area contributed by atoms with Crippen molar-refractivity contribution in [3.05, 3.63) is 64.7 Å². The van der Waals surface area contributed by atoms with Crippen LogP contribution in [0.1, 0.15) is 75.8 Å². The zero-order chi connectivity index (χ0) is 20.5. The standard InChI is InChI=1S/C25H32O3/c1-7-27-23(26)22(28-19-11-8-17(2)9-12-19)18-10-13-20-21(16-18)25(5,6)15-14-24(20,3)4/h8-13,16,22H,7,14-15H2,1-6H3. The fraction of sp³-hybridized carbons (Fsp3) is 0.480. The number of aryl methyl sites for hydroxylation is 1. The number of esters is 1. The predicted molar refractivity (Wildman–Crippen MR) is 113 cm³/mol. The Kier molecular flexibility index (Phi) is 5.56. The van der Waals surface area contributed by atoms with Gasteiger partial charge in [0.05, 0.1) is 6.61 Å². The van der Waals surface area contributed by atoms with E-state index in [1.54, 1.807) is 0 Å². The maximum absolute atomic E-state index is 12.7. The largest absolute Gasteiger partial charge is 0.474 e. The fourth-order valence-corrected chi connectivity index (χ4v) is 3.99. The summed E-state index contributed by atoms with van der Waals surface area (Å²) in [7, 11) is 0. The highest BCUT2D eigenvalue weighted by Gasteiger charge is 2.38. The van der Waals surface area contributed by atoms with Crippen LogP contribution in [-0.2, 0) is 20.4 Å². The normalized spacial score (nSPS) is 18.1. The van der Waals surface area contributed by atoms with Crippen LogP contribution in [-0.4, -0.2) is 12.6 Å². The van der Waals surface area contributed by atoms with E-state index in [0.717, 1.165) is 24.0 Å². The quantitative estimate of drug-likeness (QED) is 0.594. The molecule has 3 heteroatoms. The topological polar surface area (TPSA) is 35.5 Å². The SMILES string of the molecule is CCOC(=O)C(Oc1ccc(C)cc1)c1ccc2c(c1)C(C)(C)CCC2(C)C. The second-order valence-corrected chi connectivity index (χ2v) is 9.14. The molecule has 1 unspecified atom stereocenters. The summed E-state index contributed by atoms with van der Waals surface area (Å²) < 4.78 is 11.4. The highest BCUT2D eigenvalue weighted by Crippen LogP contribution is 2.46. The summed E-state index contributed by atoms with van der Waals surface area (Å²) in [4.78, 5) is 12.7. The number of rotatable bonds is 5. The number of fused-ring (bicyclic) bond motifs is 1. The molecule has 0 heterocycles. The molecule has 3 rings (SSSR count). The van der Waals surface area contributed by atoms with E-state index in [2.05, 4.69) is 39.8 Å². The van der Waals surface area contributed by atoms with E-state index < -0.39 is 6.10 Å². The lowest BCUT2D eigenvalue weighted by Crippen LogP contribution is -2.34. The summed E-state index contributed by atoms with van der Waals surface area (Å²) in [5.41, 5.74) is 4.89. The Morgan fingerprint density at radius 1 is 0.964 bits per heavy atom. The van der Waals surface area contributed by atoms with Gasteiger partial charge in [-0.15, -0.1) is 0 Å². The second kappa shape index (κ2) is 7.62. The monoisotopic (exact) mass is 380 g/mol. The van der Waals surface area contributed by atoms with Crippen molar-refractivity contribution in [3.8, 4) is 5.75 Å². The molecule has 0 N–H and O–H groups in total. The Morgan fingerprint density at radius 3 is 2.18 bits per heavy atom. The van der Waals surface area contributed by atoms with Crippen molar-refractivity contribution in [3.63, 3.8) is 0 Å². The molecular formula is C25H32O3. The molecule has 150 valence electrons. The zero-order valence-corrected chi connectivity index (χ0v) is 18.0. The molecule has 0 aromatic heterocycles. The minimum Gasteiger partial charge on any atom is -0.474 e. The fourth-order valence-electron chi connectivity index (χ4n) is 3.99. The highest BCUT2D eigenvalue weighted by molar-refractivity contribution is 5.77. The third kappa shape index (κ3) is 4.09. The minimum absolute atomic E-state index is 0.0733. The lowest BCUT2D eigenvalue weighted by atomic mass is 9.63. The van der Waals surface area contributed by atoms with E-state index in [1.807, 2.05) is 44.2 Å². The van der Waals surface area contributed by atoms with Crippen molar-refractivity contribution < 1.29 is 14.3 Å². The first kappa shape index (κ1) is 20.4. The van der Waals surface area contributed by atoms with Gasteiger partial charge >= 0.3 is 5.97 Å². The van der Waals surface area contributed by atoms with Gasteiger partial charge < -0.3 is 9.47 Å². The van der Waals surface area contributed by atoms with E-state index in [9.17, 15) is 4.79 Å². The molecule has 1 atom stereocenters. The van der Waals surface area contributed by atoms with Crippen LogP contribution >= 0.6 is 0 Å².